The first kappa shape index (κ1) is 12.0. The highest BCUT2D eigenvalue weighted by Crippen LogP contribution is 2.26. The maximum atomic E-state index is 13.6. The summed E-state index contributed by atoms with van der Waals surface area (Å²) in [5.41, 5.74) is 2.37. The summed E-state index contributed by atoms with van der Waals surface area (Å²) < 4.78 is 18.5. The van der Waals surface area contributed by atoms with E-state index in [4.69, 9.17) is 4.74 Å². The number of thiol groups is 1. The third-order valence-corrected chi connectivity index (χ3v) is 2.81. The summed E-state index contributed by atoms with van der Waals surface area (Å²) in [5.74, 6) is 1.15. The fraction of sp³-hybridized carbons (Fsp3) is 0.250. The lowest BCUT2D eigenvalue weighted by Gasteiger charge is -2.03. The van der Waals surface area contributed by atoms with Crippen LogP contribution in [-0.2, 0) is 5.75 Å². The summed E-state index contributed by atoms with van der Waals surface area (Å²) in [5, 5.41) is 0. The van der Waals surface area contributed by atoms with Crippen molar-refractivity contribution in [1.29, 1.82) is 0 Å². The molecule has 0 aliphatic heterocycles. The van der Waals surface area contributed by atoms with E-state index in [0.29, 0.717) is 5.75 Å². The number of methoxy groups -OCH3 is 1. The molecule has 0 aliphatic rings. The molecule has 0 fully saturated rings. The number of aryl methyl sites for hydroxylation is 1. The minimum atomic E-state index is -0.389. The molecule has 0 saturated heterocycles. The number of aromatic amines is 1. The molecule has 0 amide bonds. The van der Waals surface area contributed by atoms with E-state index >= 15 is 0 Å². The van der Waals surface area contributed by atoms with Gasteiger partial charge >= 0.3 is 0 Å². The smallest absolute Gasteiger partial charge is 0.165 e. The number of aromatic nitrogens is 2. The van der Waals surface area contributed by atoms with Crippen LogP contribution < -0.4 is 4.74 Å². The van der Waals surface area contributed by atoms with Crippen molar-refractivity contribution in [3.63, 3.8) is 0 Å². The van der Waals surface area contributed by atoms with Crippen LogP contribution in [0.5, 0.6) is 5.75 Å². The molecule has 0 saturated carbocycles. The molecule has 0 bridgehead atoms. The Morgan fingerprint density at radius 1 is 1.47 bits per heavy atom. The number of halogens is 1. The normalized spacial score (nSPS) is 10.6. The average molecular weight is 252 g/mol. The number of hydrogen-bond donors (Lipinski definition) is 2. The van der Waals surface area contributed by atoms with Crippen molar-refractivity contribution in [1.82, 2.24) is 9.97 Å². The summed E-state index contributed by atoms with van der Waals surface area (Å²) in [6.45, 7) is 1.90. The molecule has 0 unspecified atom stereocenters. The monoisotopic (exact) mass is 252 g/mol. The number of benzene rings is 1. The van der Waals surface area contributed by atoms with E-state index < -0.39 is 0 Å². The molecule has 1 aromatic heterocycles. The fourth-order valence-corrected chi connectivity index (χ4v) is 1.84. The lowest BCUT2D eigenvalue weighted by molar-refractivity contribution is 0.386. The summed E-state index contributed by atoms with van der Waals surface area (Å²) in [6, 6.07) is 4.80. The average Bonchev–Trinajstić information content (AvgIpc) is 2.70. The molecule has 90 valence electrons. The number of nitrogens with one attached hydrogen (secondary N) is 1. The first-order chi connectivity index (χ1) is 8.15. The van der Waals surface area contributed by atoms with Gasteiger partial charge in [0, 0.05) is 17.0 Å². The van der Waals surface area contributed by atoms with Gasteiger partial charge in [-0.2, -0.15) is 12.6 Å². The minimum absolute atomic E-state index is 0.233. The van der Waals surface area contributed by atoms with E-state index in [-0.39, 0.29) is 11.6 Å². The molecular formula is C12H13FN2OS. The molecular weight excluding hydrogens is 239 g/mol. The van der Waals surface area contributed by atoms with Crippen molar-refractivity contribution in [3.8, 4) is 17.0 Å². The van der Waals surface area contributed by atoms with Gasteiger partial charge in [-0.05, 0) is 25.1 Å². The second-order valence-corrected chi connectivity index (χ2v) is 3.98. The Kier molecular flexibility index (Phi) is 3.38. The van der Waals surface area contributed by atoms with Crippen molar-refractivity contribution in [2.24, 2.45) is 0 Å². The van der Waals surface area contributed by atoms with Crippen LogP contribution in [0.3, 0.4) is 0 Å². The first-order valence-electron chi connectivity index (χ1n) is 5.16. The van der Waals surface area contributed by atoms with Gasteiger partial charge in [-0.3, -0.25) is 0 Å². The zero-order valence-electron chi connectivity index (χ0n) is 9.62. The topological polar surface area (TPSA) is 37.9 Å². The highest BCUT2D eigenvalue weighted by molar-refractivity contribution is 7.79. The zero-order valence-corrected chi connectivity index (χ0v) is 10.5. The van der Waals surface area contributed by atoms with Crippen molar-refractivity contribution < 1.29 is 9.13 Å². The number of imidazole rings is 1. The summed E-state index contributed by atoms with van der Waals surface area (Å²) in [7, 11) is 1.44. The quantitative estimate of drug-likeness (QED) is 0.824. The van der Waals surface area contributed by atoms with Crippen LogP contribution >= 0.6 is 12.6 Å². The van der Waals surface area contributed by atoms with Gasteiger partial charge in [-0.25, -0.2) is 9.37 Å². The van der Waals surface area contributed by atoms with Crippen LogP contribution in [0.25, 0.3) is 11.3 Å². The molecule has 0 aliphatic carbocycles. The van der Waals surface area contributed by atoms with Gasteiger partial charge in [0.15, 0.2) is 11.6 Å². The van der Waals surface area contributed by atoms with E-state index in [1.807, 2.05) is 6.92 Å². The Labute approximate surface area is 104 Å². The van der Waals surface area contributed by atoms with Crippen molar-refractivity contribution in [3.05, 3.63) is 35.5 Å². The van der Waals surface area contributed by atoms with Crippen molar-refractivity contribution >= 4 is 12.6 Å². The molecule has 0 radical (unpaired) electrons. The standard InChI is InChI=1S/C12H13FN2OS/c1-7-12(15-11(6-17)14-7)8-3-4-10(16-2)9(13)5-8/h3-5,17H,6H2,1-2H3,(H,14,15). The third-order valence-electron chi connectivity index (χ3n) is 2.51. The molecule has 1 heterocycles. The van der Waals surface area contributed by atoms with Crippen LogP contribution in [0.1, 0.15) is 11.5 Å². The van der Waals surface area contributed by atoms with Crippen LogP contribution in [0, 0.1) is 12.7 Å². The van der Waals surface area contributed by atoms with E-state index in [9.17, 15) is 4.39 Å². The lowest BCUT2D eigenvalue weighted by Crippen LogP contribution is -1.89. The summed E-state index contributed by atoms with van der Waals surface area (Å²) in [6.07, 6.45) is 0. The van der Waals surface area contributed by atoms with Crippen LogP contribution in [0.2, 0.25) is 0 Å². The maximum absolute atomic E-state index is 13.6. The second-order valence-electron chi connectivity index (χ2n) is 3.66. The van der Waals surface area contributed by atoms with E-state index in [1.165, 1.54) is 13.2 Å². The molecule has 1 aromatic carbocycles. The summed E-state index contributed by atoms with van der Waals surface area (Å²) in [4.78, 5) is 7.46. The SMILES string of the molecule is COc1ccc(-c2nc(CS)[nH]c2C)cc1F. The highest BCUT2D eigenvalue weighted by Gasteiger charge is 2.11. The van der Waals surface area contributed by atoms with Gasteiger partial charge in [0.05, 0.1) is 12.8 Å². The summed E-state index contributed by atoms with van der Waals surface area (Å²) >= 11 is 4.15. The Balaban J connectivity index is 2.45. The molecule has 17 heavy (non-hydrogen) atoms. The molecule has 5 heteroatoms. The minimum Gasteiger partial charge on any atom is -0.494 e. The Morgan fingerprint density at radius 2 is 2.24 bits per heavy atom. The fourth-order valence-electron chi connectivity index (χ4n) is 1.69. The Morgan fingerprint density at radius 3 is 2.76 bits per heavy atom. The van der Waals surface area contributed by atoms with Crippen molar-refractivity contribution in [2.75, 3.05) is 7.11 Å². The van der Waals surface area contributed by atoms with E-state index in [0.717, 1.165) is 22.8 Å². The van der Waals surface area contributed by atoms with E-state index in [1.54, 1.807) is 12.1 Å². The molecule has 2 rings (SSSR count). The third kappa shape index (κ3) is 2.29. The van der Waals surface area contributed by atoms with Crippen LogP contribution in [0.15, 0.2) is 18.2 Å². The number of H-pyrrole nitrogens is 1. The first-order valence-corrected chi connectivity index (χ1v) is 5.79. The lowest BCUT2D eigenvalue weighted by atomic mass is 10.1. The van der Waals surface area contributed by atoms with Gasteiger partial charge in [0.2, 0.25) is 0 Å². The maximum Gasteiger partial charge on any atom is 0.165 e. The second kappa shape index (κ2) is 4.79. The highest BCUT2D eigenvalue weighted by atomic mass is 32.1. The van der Waals surface area contributed by atoms with E-state index in [2.05, 4.69) is 22.6 Å². The number of ether oxygens (including phenoxy) is 1. The van der Waals surface area contributed by atoms with Gasteiger partial charge in [0.25, 0.3) is 0 Å². The molecule has 2 aromatic rings. The Hall–Kier alpha value is -1.49. The van der Waals surface area contributed by atoms with Gasteiger partial charge < -0.3 is 9.72 Å². The molecule has 3 nitrogen and oxygen atoms in total. The number of nitrogens with zero attached hydrogens (tertiary/aromatic N) is 1. The number of rotatable bonds is 3. The predicted octanol–water partition coefficient (Wildman–Crippen LogP) is 2.96. The Bertz CT molecular complexity index is 539. The van der Waals surface area contributed by atoms with Crippen molar-refractivity contribution in [2.45, 2.75) is 12.7 Å². The van der Waals surface area contributed by atoms with Gasteiger partial charge in [-0.15, -0.1) is 0 Å². The predicted molar refractivity (Wildman–Crippen MR) is 68.0 cm³/mol. The molecule has 0 spiro atoms. The largest absolute Gasteiger partial charge is 0.494 e. The van der Waals surface area contributed by atoms with Crippen LogP contribution in [-0.4, -0.2) is 17.1 Å². The van der Waals surface area contributed by atoms with Gasteiger partial charge in [0.1, 0.15) is 5.82 Å². The molecule has 1 N–H and O–H groups in total. The van der Waals surface area contributed by atoms with Crippen LogP contribution in [0.4, 0.5) is 4.39 Å². The number of hydrogen-bond acceptors (Lipinski definition) is 3. The molecule has 0 atom stereocenters. The zero-order chi connectivity index (χ0) is 12.4. The van der Waals surface area contributed by atoms with Gasteiger partial charge in [-0.1, -0.05) is 0 Å².